The normalized spacial score (nSPS) is 11.3. The maximum absolute atomic E-state index is 12.7. The monoisotopic (exact) mass is 422 g/mol. The molecule has 0 saturated heterocycles. The maximum atomic E-state index is 12.7. The Balaban J connectivity index is 2.06. The molecule has 2 amide bonds. The van der Waals surface area contributed by atoms with Crippen LogP contribution in [0.4, 0.5) is 10.5 Å². The molecule has 0 aromatic heterocycles. The van der Waals surface area contributed by atoms with Gasteiger partial charge in [-0.05, 0) is 55.2 Å². The predicted molar refractivity (Wildman–Crippen MR) is 128 cm³/mol. The van der Waals surface area contributed by atoms with Crippen molar-refractivity contribution in [1.82, 2.24) is 5.32 Å². The fourth-order valence-corrected chi connectivity index (χ4v) is 3.40. The average Bonchev–Trinajstić information content (AvgIpc) is 2.77. The number of nitrogens with zero attached hydrogens (tertiary/aromatic N) is 1. The van der Waals surface area contributed by atoms with Crippen LogP contribution in [0.15, 0.2) is 54.1 Å². The summed E-state index contributed by atoms with van der Waals surface area (Å²) < 4.78 is 0. The number of hydrogen-bond donors (Lipinski definition) is 2. The first kappa shape index (κ1) is 24.2. The van der Waals surface area contributed by atoms with Crippen molar-refractivity contribution in [2.45, 2.75) is 52.9 Å². The molecule has 166 valence electrons. The van der Waals surface area contributed by atoms with E-state index in [1.165, 1.54) is 19.3 Å². The Labute approximate surface area is 185 Å². The highest BCUT2D eigenvalue weighted by Gasteiger charge is 2.14. The second-order valence-electron chi connectivity index (χ2n) is 7.70. The van der Waals surface area contributed by atoms with E-state index in [2.05, 4.69) is 12.2 Å². The van der Waals surface area contributed by atoms with Gasteiger partial charge in [0.05, 0.1) is 0 Å². The molecule has 2 rings (SSSR count). The van der Waals surface area contributed by atoms with Crippen LogP contribution in [0, 0.1) is 0 Å². The minimum Gasteiger partial charge on any atom is -0.478 e. The summed E-state index contributed by atoms with van der Waals surface area (Å²) >= 11 is 0. The first-order valence-electron chi connectivity index (χ1n) is 11.1. The molecule has 0 radical (unpaired) electrons. The van der Waals surface area contributed by atoms with Crippen LogP contribution in [0.3, 0.4) is 0 Å². The lowest BCUT2D eigenvalue weighted by Gasteiger charge is -2.22. The molecule has 2 aromatic carbocycles. The van der Waals surface area contributed by atoms with Gasteiger partial charge in [-0.1, -0.05) is 69.0 Å². The molecule has 0 aliphatic carbocycles. The molecule has 0 heterocycles. The van der Waals surface area contributed by atoms with Crippen molar-refractivity contribution >= 4 is 23.8 Å². The Hall–Kier alpha value is -3.08. The van der Waals surface area contributed by atoms with Gasteiger partial charge in [0, 0.05) is 24.4 Å². The molecule has 2 aromatic rings. The van der Waals surface area contributed by atoms with Crippen molar-refractivity contribution < 1.29 is 14.7 Å². The largest absolute Gasteiger partial charge is 0.478 e. The molecule has 0 bridgehead atoms. The molecular weight excluding hydrogens is 388 g/mol. The molecule has 5 heteroatoms. The van der Waals surface area contributed by atoms with E-state index in [-0.39, 0.29) is 6.03 Å². The summed E-state index contributed by atoms with van der Waals surface area (Å²) in [7, 11) is 0. The molecule has 0 atom stereocenters. The molecular formula is C26H34N2O3. The van der Waals surface area contributed by atoms with Crippen molar-refractivity contribution in [3.05, 3.63) is 59.7 Å². The van der Waals surface area contributed by atoms with Gasteiger partial charge in [-0.15, -0.1) is 0 Å². The first-order valence-corrected chi connectivity index (χ1v) is 11.1. The lowest BCUT2D eigenvalue weighted by Crippen LogP contribution is -2.40. The predicted octanol–water partition coefficient (Wildman–Crippen LogP) is 6.35. The lowest BCUT2D eigenvalue weighted by molar-refractivity contribution is -0.132. The highest BCUT2D eigenvalue weighted by Crippen LogP contribution is 2.25. The van der Waals surface area contributed by atoms with Gasteiger partial charge in [0.2, 0.25) is 0 Å². The van der Waals surface area contributed by atoms with Crippen LogP contribution >= 0.6 is 0 Å². The zero-order valence-electron chi connectivity index (χ0n) is 18.9. The number of carbonyl (C=O) groups excluding carboxylic acids is 1. The SMILES string of the molecule is CCCCCCCNC(=O)N(CC)c1cccc(-c2ccc(/C=C(\C)C(=O)O)cc2)c1. The van der Waals surface area contributed by atoms with E-state index in [9.17, 15) is 9.59 Å². The van der Waals surface area contributed by atoms with Crippen LogP contribution in [0.2, 0.25) is 0 Å². The summed E-state index contributed by atoms with van der Waals surface area (Å²) in [6.07, 6.45) is 7.48. The van der Waals surface area contributed by atoms with Crippen molar-refractivity contribution in [1.29, 1.82) is 0 Å². The molecule has 31 heavy (non-hydrogen) atoms. The quantitative estimate of drug-likeness (QED) is 0.327. The van der Waals surface area contributed by atoms with Crippen LogP contribution in [-0.2, 0) is 4.79 Å². The van der Waals surface area contributed by atoms with Gasteiger partial charge in [0.25, 0.3) is 0 Å². The standard InChI is InChI=1S/C26H34N2O3/c1-4-6-7-8-9-17-27-26(31)28(5-2)24-12-10-11-23(19-24)22-15-13-21(14-16-22)18-20(3)25(29)30/h10-16,18-19H,4-9,17H2,1-3H3,(H,27,31)(H,29,30)/b20-18+. The second kappa shape index (κ2) is 12.6. The Morgan fingerprint density at radius 3 is 2.32 bits per heavy atom. The van der Waals surface area contributed by atoms with Crippen LogP contribution < -0.4 is 10.2 Å². The number of hydrogen-bond acceptors (Lipinski definition) is 2. The number of aliphatic carboxylic acids is 1. The van der Waals surface area contributed by atoms with Gasteiger partial charge >= 0.3 is 12.0 Å². The third-order valence-electron chi connectivity index (χ3n) is 5.24. The number of anilines is 1. The van der Waals surface area contributed by atoms with Crippen LogP contribution in [-0.4, -0.2) is 30.2 Å². The van der Waals surface area contributed by atoms with E-state index >= 15 is 0 Å². The highest BCUT2D eigenvalue weighted by atomic mass is 16.4. The number of amides is 2. The molecule has 0 unspecified atom stereocenters. The summed E-state index contributed by atoms with van der Waals surface area (Å²) in [5, 5.41) is 12.1. The number of rotatable bonds is 11. The summed E-state index contributed by atoms with van der Waals surface area (Å²) in [6, 6.07) is 15.6. The number of unbranched alkanes of at least 4 members (excludes halogenated alkanes) is 4. The Morgan fingerprint density at radius 2 is 1.68 bits per heavy atom. The minimum absolute atomic E-state index is 0.0697. The zero-order chi connectivity index (χ0) is 22.6. The Morgan fingerprint density at radius 1 is 0.968 bits per heavy atom. The highest BCUT2D eigenvalue weighted by molar-refractivity contribution is 5.93. The van der Waals surface area contributed by atoms with Gasteiger partial charge in [0.15, 0.2) is 0 Å². The fourth-order valence-electron chi connectivity index (χ4n) is 3.40. The fraction of sp³-hybridized carbons (Fsp3) is 0.385. The summed E-state index contributed by atoms with van der Waals surface area (Å²) in [4.78, 5) is 25.4. The van der Waals surface area contributed by atoms with E-state index in [0.717, 1.165) is 35.2 Å². The molecule has 5 nitrogen and oxygen atoms in total. The smallest absolute Gasteiger partial charge is 0.331 e. The van der Waals surface area contributed by atoms with E-state index in [4.69, 9.17) is 5.11 Å². The van der Waals surface area contributed by atoms with E-state index in [1.807, 2.05) is 55.5 Å². The first-order chi connectivity index (χ1) is 15.0. The second-order valence-corrected chi connectivity index (χ2v) is 7.70. The number of carboxylic acids is 1. The third-order valence-corrected chi connectivity index (χ3v) is 5.24. The zero-order valence-corrected chi connectivity index (χ0v) is 18.9. The number of benzene rings is 2. The minimum atomic E-state index is -0.921. The molecule has 0 saturated carbocycles. The summed E-state index contributed by atoms with van der Waals surface area (Å²) in [6.45, 7) is 7.03. The van der Waals surface area contributed by atoms with Crippen molar-refractivity contribution in [2.75, 3.05) is 18.0 Å². The Kier molecular flexibility index (Phi) is 9.82. The van der Waals surface area contributed by atoms with Gasteiger partial charge in [-0.3, -0.25) is 4.90 Å². The molecule has 0 spiro atoms. The molecule has 0 aliphatic rings. The third kappa shape index (κ3) is 7.59. The van der Waals surface area contributed by atoms with Crippen LogP contribution in [0.25, 0.3) is 17.2 Å². The molecule has 0 aliphatic heterocycles. The van der Waals surface area contributed by atoms with Crippen molar-refractivity contribution in [2.24, 2.45) is 0 Å². The van der Waals surface area contributed by atoms with E-state index in [1.54, 1.807) is 17.9 Å². The lowest BCUT2D eigenvalue weighted by atomic mass is 10.0. The number of carboxylic acid groups (broad SMARTS) is 1. The number of carbonyl (C=O) groups is 2. The van der Waals surface area contributed by atoms with Crippen LogP contribution in [0.5, 0.6) is 0 Å². The summed E-state index contributed by atoms with van der Waals surface area (Å²) in [5.74, 6) is -0.921. The molecule has 2 N–H and O–H groups in total. The molecule has 0 fully saturated rings. The van der Waals surface area contributed by atoms with E-state index < -0.39 is 5.97 Å². The number of nitrogens with one attached hydrogen (secondary N) is 1. The van der Waals surface area contributed by atoms with Gasteiger partial charge in [-0.25, -0.2) is 9.59 Å². The van der Waals surface area contributed by atoms with Crippen LogP contribution in [0.1, 0.15) is 58.4 Å². The van der Waals surface area contributed by atoms with Gasteiger partial charge in [0.1, 0.15) is 0 Å². The van der Waals surface area contributed by atoms with Gasteiger partial charge < -0.3 is 10.4 Å². The van der Waals surface area contributed by atoms with Gasteiger partial charge in [-0.2, -0.15) is 0 Å². The maximum Gasteiger partial charge on any atom is 0.331 e. The van der Waals surface area contributed by atoms with Crippen molar-refractivity contribution in [3.8, 4) is 11.1 Å². The summed E-state index contributed by atoms with van der Waals surface area (Å²) in [5.41, 5.74) is 4.01. The van der Waals surface area contributed by atoms with E-state index in [0.29, 0.717) is 18.7 Å². The Bertz CT molecular complexity index is 888. The topological polar surface area (TPSA) is 69.6 Å². The van der Waals surface area contributed by atoms with Crippen molar-refractivity contribution in [3.63, 3.8) is 0 Å². The number of urea groups is 1. The average molecular weight is 423 g/mol.